The first kappa shape index (κ1) is 10.0. The largest absolute Gasteiger partial charge is 0.316 e. The van der Waals surface area contributed by atoms with Crippen LogP contribution in [0.1, 0.15) is 29.5 Å². The standard InChI is InChI=1S/C12H16ClN/c1-14-8-11-6-9-4-2-3-5-10(9)7-12(11)13/h6-7,14H,2-5,8H2,1H3. The molecule has 1 aliphatic carbocycles. The van der Waals surface area contributed by atoms with Gasteiger partial charge in [-0.25, -0.2) is 0 Å². The van der Waals surface area contributed by atoms with Crippen LogP contribution in [-0.2, 0) is 19.4 Å². The Morgan fingerprint density at radius 3 is 2.50 bits per heavy atom. The molecule has 0 heterocycles. The van der Waals surface area contributed by atoms with Gasteiger partial charge in [-0.3, -0.25) is 0 Å². The number of halogens is 1. The summed E-state index contributed by atoms with van der Waals surface area (Å²) < 4.78 is 0. The van der Waals surface area contributed by atoms with Crippen LogP contribution in [0.25, 0.3) is 0 Å². The Balaban J connectivity index is 2.35. The summed E-state index contributed by atoms with van der Waals surface area (Å²) in [5, 5.41) is 4.06. The maximum atomic E-state index is 6.20. The molecule has 0 bridgehead atoms. The van der Waals surface area contributed by atoms with Crippen LogP contribution in [0.4, 0.5) is 0 Å². The highest BCUT2D eigenvalue weighted by Gasteiger charge is 2.11. The molecular weight excluding hydrogens is 194 g/mol. The Labute approximate surface area is 90.5 Å². The summed E-state index contributed by atoms with van der Waals surface area (Å²) in [6, 6.07) is 4.43. The van der Waals surface area contributed by atoms with Crippen molar-refractivity contribution in [1.29, 1.82) is 0 Å². The SMILES string of the molecule is CNCc1cc2c(cc1Cl)CCCC2. The van der Waals surface area contributed by atoms with Crippen molar-refractivity contribution in [2.24, 2.45) is 0 Å². The molecule has 2 heteroatoms. The van der Waals surface area contributed by atoms with E-state index < -0.39 is 0 Å². The molecule has 0 saturated carbocycles. The van der Waals surface area contributed by atoms with Crippen LogP contribution in [0.2, 0.25) is 5.02 Å². The van der Waals surface area contributed by atoms with Gasteiger partial charge in [0.15, 0.2) is 0 Å². The van der Waals surface area contributed by atoms with Gasteiger partial charge >= 0.3 is 0 Å². The van der Waals surface area contributed by atoms with Crippen molar-refractivity contribution in [3.8, 4) is 0 Å². The Morgan fingerprint density at radius 1 is 1.21 bits per heavy atom. The number of hydrogen-bond donors (Lipinski definition) is 1. The summed E-state index contributed by atoms with van der Waals surface area (Å²) in [5.41, 5.74) is 4.20. The molecule has 0 radical (unpaired) electrons. The molecule has 0 saturated heterocycles. The van der Waals surface area contributed by atoms with E-state index in [9.17, 15) is 0 Å². The lowest BCUT2D eigenvalue weighted by atomic mass is 9.90. The normalized spacial score (nSPS) is 15.3. The molecule has 0 aliphatic heterocycles. The Hall–Kier alpha value is -0.530. The van der Waals surface area contributed by atoms with Crippen LogP contribution in [0, 0.1) is 0 Å². The lowest BCUT2D eigenvalue weighted by Gasteiger charge is -2.17. The van der Waals surface area contributed by atoms with Crippen LogP contribution in [0.3, 0.4) is 0 Å². The molecule has 0 unspecified atom stereocenters. The molecule has 0 amide bonds. The van der Waals surface area contributed by atoms with Crippen LogP contribution in [0.5, 0.6) is 0 Å². The molecule has 76 valence electrons. The van der Waals surface area contributed by atoms with E-state index in [0.717, 1.165) is 11.6 Å². The minimum absolute atomic E-state index is 0.867. The Morgan fingerprint density at radius 2 is 1.86 bits per heavy atom. The number of hydrogen-bond acceptors (Lipinski definition) is 1. The van der Waals surface area contributed by atoms with Gasteiger partial charge in [-0.1, -0.05) is 17.7 Å². The topological polar surface area (TPSA) is 12.0 Å². The monoisotopic (exact) mass is 209 g/mol. The molecule has 14 heavy (non-hydrogen) atoms. The third-order valence-corrected chi connectivity index (χ3v) is 3.23. The third kappa shape index (κ3) is 1.94. The van der Waals surface area contributed by atoms with Crippen molar-refractivity contribution in [1.82, 2.24) is 5.32 Å². The van der Waals surface area contributed by atoms with Gasteiger partial charge in [-0.05, 0) is 55.5 Å². The molecule has 0 atom stereocenters. The van der Waals surface area contributed by atoms with Crippen LogP contribution < -0.4 is 5.32 Å². The zero-order chi connectivity index (χ0) is 9.97. The van der Waals surface area contributed by atoms with Crippen molar-refractivity contribution in [3.05, 3.63) is 33.8 Å². The van der Waals surface area contributed by atoms with Crippen LogP contribution in [0.15, 0.2) is 12.1 Å². The summed E-state index contributed by atoms with van der Waals surface area (Å²) in [6.45, 7) is 0.867. The maximum Gasteiger partial charge on any atom is 0.0453 e. The molecule has 1 nitrogen and oxygen atoms in total. The number of nitrogens with one attached hydrogen (secondary N) is 1. The Bertz CT molecular complexity index is 333. The van der Waals surface area contributed by atoms with Crippen LogP contribution >= 0.6 is 11.6 Å². The average Bonchev–Trinajstić information content (AvgIpc) is 2.19. The molecular formula is C12H16ClN. The molecule has 1 aromatic carbocycles. The first-order valence-corrected chi connectivity index (χ1v) is 5.64. The summed E-state index contributed by atoms with van der Waals surface area (Å²) in [6.07, 6.45) is 5.07. The highest BCUT2D eigenvalue weighted by molar-refractivity contribution is 6.31. The molecule has 1 N–H and O–H groups in total. The van der Waals surface area contributed by atoms with Gasteiger partial charge in [0, 0.05) is 11.6 Å². The number of aryl methyl sites for hydroxylation is 2. The second-order valence-electron chi connectivity index (χ2n) is 3.95. The van der Waals surface area contributed by atoms with Gasteiger partial charge in [-0.2, -0.15) is 0 Å². The minimum atomic E-state index is 0.867. The van der Waals surface area contributed by atoms with E-state index in [0.29, 0.717) is 0 Å². The fourth-order valence-electron chi connectivity index (χ4n) is 2.13. The number of fused-ring (bicyclic) bond motifs is 1. The van der Waals surface area contributed by atoms with Crippen molar-refractivity contribution in [2.75, 3.05) is 7.05 Å². The van der Waals surface area contributed by atoms with Gasteiger partial charge < -0.3 is 5.32 Å². The maximum absolute atomic E-state index is 6.20. The lowest BCUT2D eigenvalue weighted by Crippen LogP contribution is -2.09. The Kier molecular flexibility index (Phi) is 3.09. The summed E-state index contributed by atoms with van der Waals surface area (Å²) in [5.74, 6) is 0. The zero-order valence-electron chi connectivity index (χ0n) is 8.57. The zero-order valence-corrected chi connectivity index (χ0v) is 9.32. The van der Waals surface area contributed by atoms with Crippen molar-refractivity contribution in [2.45, 2.75) is 32.2 Å². The molecule has 1 aromatic rings. The van der Waals surface area contributed by atoms with Gasteiger partial charge in [0.1, 0.15) is 0 Å². The van der Waals surface area contributed by atoms with Gasteiger partial charge in [0.25, 0.3) is 0 Å². The highest BCUT2D eigenvalue weighted by Crippen LogP contribution is 2.27. The van der Waals surface area contributed by atoms with E-state index in [1.807, 2.05) is 7.05 Å². The highest BCUT2D eigenvalue weighted by atomic mass is 35.5. The smallest absolute Gasteiger partial charge is 0.0453 e. The van der Waals surface area contributed by atoms with Gasteiger partial charge in [0.2, 0.25) is 0 Å². The second-order valence-corrected chi connectivity index (χ2v) is 4.36. The van der Waals surface area contributed by atoms with E-state index in [-0.39, 0.29) is 0 Å². The van der Waals surface area contributed by atoms with Crippen molar-refractivity contribution in [3.63, 3.8) is 0 Å². The number of benzene rings is 1. The van der Waals surface area contributed by atoms with Gasteiger partial charge in [0.05, 0.1) is 0 Å². The van der Waals surface area contributed by atoms with E-state index in [1.54, 1.807) is 0 Å². The third-order valence-electron chi connectivity index (χ3n) is 2.88. The first-order valence-electron chi connectivity index (χ1n) is 5.26. The summed E-state index contributed by atoms with van der Waals surface area (Å²) >= 11 is 6.20. The van der Waals surface area contributed by atoms with E-state index in [4.69, 9.17) is 11.6 Å². The molecule has 1 aliphatic rings. The van der Waals surface area contributed by atoms with Crippen molar-refractivity contribution >= 4 is 11.6 Å². The molecule has 0 fully saturated rings. The summed E-state index contributed by atoms with van der Waals surface area (Å²) in [7, 11) is 1.95. The molecule has 2 rings (SSSR count). The lowest BCUT2D eigenvalue weighted by molar-refractivity contribution is 0.682. The minimum Gasteiger partial charge on any atom is -0.316 e. The van der Waals surface area contributed by atoms with Crippen molar-refractivity contribution < 1.29 is 0 Å². The first-order chi connectivity index (χ1) is 6.81. The number of rotatable bonds is 2. The van der Waals surface area contributed by atoms with E-state index >= 15 is 0 Å². The predicted octanol–water partition coefficient (Wildman–Crippen LogP) is 2.94. The fraction of sp³-hybridized carbons (Fsp3) is 0.500. The van der Waals surface area contributed by atoms with E-state index in [2.05, 4.69) is 17.4 Å². The molecule has 0 spiro atoms. The predicted molar refractivity (Wildman–Crippen MR) is 60.9 cm³/mol. The quantitative estimate of drug-likeness (QED) is 0.790. The second kappa shape index (κ2) is 4.33. The fourth-order valence-corrected chi connectivity index (χ4v) is 2.39. The van der Waals surface area contributed by atoms with Gasteiger partial charge in [-0.15, -0.1) is 0 Å². The average molecular weight is 210 g/mol. The summed E-state index contributed by atoms with van der Waals surface area (Å²) in [4.78, 5) is 0. The van der Waals surface area contributed by atoms with Crippen LogP contribution in [-0.4, -0.2) is 7.05 Å². The molecule has 0 aromatic heterocycles. The van der Waals surface area contributed by atoms with E-state index in [1.165, 1.54) is 42.4 Å².